The Morgan fingerprint density at radius 2 is 1.75 bits per heavy atom. The Bertz CT molecular complexity index is 778. The number of halogens is 1. The lowest BCUT2D eigenvalue weighted by atomic mass is 10.2. The molecule has 20 heavy (non-hydrogen) atoms. The largest absolute Gasteiger partial charge is 0.224 e. The highest BCUT2D eigenvalue weighted by molar-refractivity contribution is 7.99. The highest BCUT2D eigenvalue weighted by atomic mass is 32.2. The topological polar surface area (TPSA) is 57.9 Å². The van der Waals surface area contributed by atoms with Gasteiger partial charge < -0.3 is 0 Å². The van der Waals surface area contributed by atoms with Crippen LogP contribution in [0.25, 0.3) is 0 Å². The van der Waals surface area contributed by atoms with Crippen LogP contribution in [-0.2, 0) is 9.84 Å². The molecule has 0 aliphatic rings. The second kappa shape index (κ2) is 5.65. The van der Waals surface area contributed by atoms with E-state index in [1.165, 1.54) is 30.0 Å². The van der Waals surface area contributed by atoms with E-state index >= 15 is 0 Å². The van der Waals surface area contributed by atoms with Crippen LogP contribution in [0.5, 0.6) is 0 Å². The molecule has 0 aromatic heterocycles. The van der Waals surface area contributed by atoms with Gasteiger partial charge in [0.25, 0.3) is 0 Å². The van der Waals surface area contributed by atoms with E-state index in [1.807, 2.05) is 6.07 Å². The molecule has 0 fully saturated rings. The van der Waals surface area contributed by atoms with Crippen LogP contribution < -0.4 is 0 Å². The van der Waals surface area contributed by atoms with Crippen LogP contribution in [0.4, 0.5) is 4.39 Å². The highest BCUT2D eigenvalue weighted by Gasteiger charge is 2.07. The van der Waals surface area contributed by atoms with E-state index < -0.39 is 15.7 Å². The molecule has 0 aliphatic carbocycles. The van der Waals surface area contributed by atoms with E-state index in [9.17, 15) is 12.8 Å². The Kier molecular flexibility index (Phi) is 4.12. The molecule has 0 heterocycles. The molecule has 2 aromatic carbocycles. The fourth-order valence-electron chi connectivity index (χ4n) is 1.58. The average Bonchev–Trinajstić information content (AvgIpc) is 2.37. The van der Waals surface area contributed by atoms with Crippen molar-refractivity contribution in [3.63, 3.8) is 0 Å². The molecule has 3 nitrogen and oxygen atoms in total. The van der Waals surface area contributed by atoms with Crippen LogP contribution in [0.2, 0.25) is 0 Å². The van der Waals surface area contributed by atoms with E-state index in [2.05, 4.69) is 0 Å². The summed E-state index contributed by atoms with van der Waals surface area (Å²) in [6, 6.07) is 12.3. The van der Waals surface area contributed by atoms with Gasteiger partial charge in [-0.15, -0.1) is 0 Å². The van der Waals surface area contributed by atoms with Gasteiger partial charge in [-0.1, -0.05) is 11.8 Å². The third-order valence-electron chi connectivity index (χ3n) is 2.49. The van der Waals surface area contributed by atoms with Crippen molar-refractivity contribution in [2.24, 2.45) is 0 Å². The maximum Gasteiger partial charge on any atom is 0.175 e. The van der Waals surface area contributed by atoms with E-state index in [0.29, 0.717) is 4.90 Å². The van der Waals surface area contributed by atoms with Gasteiger partial charge in [-0.2, -0.15) is 5.26 Å². The minimum atomic E-state index is -3.22. The summed E-state index contributed by atoms with van der Waals surface area (Å²) in [6.07, 6.45) is 1.14. The molecule has 0 amide bonds. The first-order chi connectivity index (χ1) is 9.38. The van der Waals surface area contributed by atoms with Crippen molar-refractivity contribution in [2.45, 2.75) is 14.7 Å². The van der Waals surface area contributed by atoms with Gasteiger partial charge >= 0.3 is 0 Å². The van der Waals surface area contributed by atoms with Gasteiger partial charge in [0.2, 0.25) is 0 Å². The molecule has 0 spiro atoms. The van der Waals surface area contributed by atoms with Crippen LogP contribution in [0.15, 0.2) is 57.2 Å². The maximum absolute atomic E-state index is 13.3. The number of rotatable bonds is 3. The molecule has 0 bridgehead atoms. The average molecular weight is 307 g/mol. The van der Waals surface area contributed by atoms with E-state index in [1.54, 1.807) is 18.2 Å². The lowest BCUT2D eigenvalue weighted by Gasteiger charge is -2.04. The Labute approximate surface area is 121 Å². The summed E-state index contributed by atoms with van der Waals surface area (Å²) in [5.41, 5.74) is 0.250. The van der Waals surface area contributed by atoms with Crippen molar-refractivity contribution >= 4 is 21.6 Å². The van der Waals surface area contributed by atoms with Crippen molar-refractivity contribution in [3.05, 3.63) is 53.8 Å². The quantitative estimate of drug-likeness (QED) is 0.873. The minimum Gasteiger partial charge on any atom is -0.224 e. The Balaban J connectivity index is 2.27. The first-order valence-corrected chi connectivity index (χ1v) is 8.28. The fourth-order valence-corrected chi connectivity index (χ4v) is 3.11. The fraction of sp³-hybridized carbons (Fsp3) is 0.0714. The number of hydrogen-bond acceptors (Lipinski definition) is 4. The van der Waals surface area contributed by atoms with Gasteiger partial charge in [0.1, 0.15) is 5.82 Å². The summed E-state index contributed by atoms with van der Waals surface area (Å²) < 4.78 is 36.0. The summed E-state index contributed by atoms with van der Waals surface area (Å²) in [5, 5.41) is 8.79. The summed E-state index contributed by atoms with van der Waals surface area (Å²) in [4.78, 5) is 1.60. The second-order valence-corrected chi connectivity index (χ2v) is 7.30. The molecule has 0 atom stereocenters. The molecule has 6 heteroatoms. The zero-order chi connectivity index (χ0) is 14.8. The highest BCUT2D eigenvalue weighted by Crippen LogP contribution is 2.29. The first-order valence-electron chi connectivity index (χ1n) is 5.57. The standard InChI is InChI=1S/C14H10FNO2S2/c1-20(17,18)14-4-2-12(3-5-14)19-13-7-10(9-16)6-11(15)8-13/h2-8H,1H3. The Hall–Kier alpha value is -1.84. The van der Waals surface area contributed by atoms with Gasteiger partial charge in [-0.3, -0.25) is 0 Å². The smallest absolute Gasteiger partial charge is 0.175 e. The zero-order valence-corrected chi connectivity index (χ0v) is 12.1. The number of nitrogens with zero attached hydrogens (tertiary/aromatic N) is 1. The Morgan fingerprint density at radius 1 is 1.10 bits per heavy atom. The first kappa shape index (κ1) is 14.6. The summed E-state index contributed by atoms with van der Waals surface area (Å²) >= 11 is 1.26. The van der Waals surface area contributed by atoms with E-state index in [-0.39, 0.29) is 10.5 Å². The molecule has 2 rings (SSSR count). The SMILES string of the molecule is CS(=O)(=O)c1ccc(Sc2cc(F)cc(C#N)c2)cc1. The predicted molar refractivity (Wildman–Crippen MR) is 74.8 cm³/mol. The van der Waals surface area contributed by atoms with Crippen molar-refractivity contribution < 1.29 is 12.8 Å². The molecular formula is C14H10FNO2S2. The molecule has 0 aliphatic heterocycles. The molecule has 0 saturated heterocycles. The van der Waals surface area contributed by atoms with Crippen LogP contribution in [0.3, 0.4) is 0 Å². The van der Waals surface area contributed by atoms with E-state index in [0.717, 1.165) is 17.2 Å². The molecule has 2 aromatic rings. The maximum atomic E-state index is 13.3. The zero-order valence-electron chi connectivity index (χ0n) is 10.5. The monoisotopic (exact) mass is 307 g/mol. The molecule has 0 radical (unpaired) electrons. The lowest BCUT2D eigenvalue weighted by molar-refractivity contribution is 0.602. The van der Waals surface area contributed by atoms with Gasteiger partial charge in [-0.05, 0) is 42.5 Å². The van der Waals surface area contributed by atoms with Crippen molar-refractivity contribution in [3.8, 4) is 6.07 Å². The van der Waals surface area contributed by atoms with Gasteiger partial charge in [0.15, 0.2) is 9.84 Å². The van der Waals surface area contributed by atoms with Crippen LogP contribution >= 0.6 is 11.8 Å². The summed E-state index contributed by atoms with van der Waals surface area (Å²) in [6.45, 7) is 0. The number of sulfone groups is 1. The normalized spacial score (nSPS) is 11.1. The van der Waals surface area contributed by atoms with Gasteiger partial charge in [0.05, 0.1) is 16.5 Å². The Morgan fingerprint density at radius 3 is 2.30 bits per heavy atom. The molecule has 102 valence electrons. The van der Waals surface area contributed by atoms with E-state index in [4.69, 9.17) is 5.26 Å². The summed E-state index contributed by atoms with van der Waals surface area (Å²) in [5.74, 6) is -0.473. The van der Waals surface area contributed by atoms with Crippen molar-refractivity contribution in [1.29, 1.82) is 5.26 Å². The van der Waals surface area contributed by atoms with Crippen molar-refractivity contribution in [1.82, 2.24) is 0 Å². The van der Waals surface area contributed by atoms with Gasteiger partial charge in [0, 0.05) is 16.0 Å². The van der Waals surface area contributed by atoms with Crippen molar-refractivity contribution in [2.75, 3.05) is 6.26 Å². The number of hydrogen-bond donors (Lipinski definition) is 0. The third-order valence-corrected chi connectivity index (χ3v) is 4.60. The molecular weight excluding hydrogens is 297 g/mol. The molecule has 0 saturated carbocycles. The summed E-state index contributed by atoms with van der Waals surface area (Å²) in [7, 11) is -3.22. The molecule has 0 unspecified atom stereocenters. The third kappa shape index (κ3) is 3.59. The lowest BCUT2D eigenvalue weighted by Crippen LogP contribution is -1.95. The van der Waals surface area contributed by atoms with Gasteiger partial charge in [-0.25, -0.2) is 12.8 Å². The number of benzene rings is 2. The minimum absolute atomic E-state index is 0.235. The van der Waals surface area contributed by atoms with Crippen LogP contribution in [-0.4, -0.2) is 14.7 Å². The molecule has 0 N–H and O–H groups in total. The second-order valence-electron chi connectivity index (χ2n) is 4.13. The van der Waals surface area contributed by atoms with Crippen LogP contribution in [0.1, 0.15) is 5.56 Å². The van der Waals surface area contributed by atoms with Crippen LogP contribution in [0, 0.1) is 17.1 Å². The number of nitriles is 1. The predicted octanol–water partition coefficient (Wildman–Crippen LogP) is 3.25.